The molecule has 1 N–H and O–H groups in total. The molecule has 0 saturated heterocycles. The van der Waals surface area contributed by atoms with Gasteiger partial charge in [0.2, 0.25) is 5.71 Å². The van der Waals surface area contributed by atoms with Crippen LogP contribution in [0.4, 0.5) is 0 Å². The summed E-state index contributed by atoms with van der Waals surface area (Å²) < 4.78 is 10.5. The highest BCUT2D eigenvalue weighted by molar-refractivity contribution is 5.75. The number of hydrogen-bond donors (Lipinski definition) is 1. The molecule has 0 radical (unpaired) electrons. The Kier molecular flexibility index (Phi) is 6.11. The molecule has 6 nitrogen and oxygen atoms in total. The van der Waals surface area contributed by atoms with Crippen LogP contribution >= 0.6 is 0 Å². The molecule has 2 heterocycles. The van der Waals surface area contributed by atoms with Gasteiger partial charge < -0.3 is 9.15 Å². The summed E-state index contributed by atoms with van der Waals surface area (Å²) in [4.78, 5) is 31.0. The van der Waals surface area contributed by atoms with E-state index in [9.17, 15) is 9.59 Å². The highest BCUT2D eigenvalue weighted by atomic mass is 16.5. The predicted octanol–water partition coefficient (Wildman–Crippen LogP) is 3.18. The Bertz CT molecular complexity index is 929. The SMILES string of the molecule is CCCCC#CCOc1nc2oc(=O)cc(CCCC3CC3)c2c(=O)[nH]1. The fourth-order valence-corrected chi connectivity index (χ4v) is 2.89. The minimum Gasteiger partial charge on any atom is -0.451 e. The van der Waals surface area contributed by atoms with Gasteiger partial charge in [-0.2, -0.15) is 4.98 Å². The molecule has 0 bridgehead atoms. The molecule has 0 atom stereocenters. The van der Waals surface area contributed by atoms with E-state index in [1.54, 1.807) is 0 Å². The minimum absolute atomic E-state index is 0.0190. The number of nitrogens with one attached hydrogen (secondary N) is 1. The summed E-state index contributed by atoms with van der Waals surface area (Å²) in [5, 5.41) is 0.335. The summed E-state index contributed by atoms with van der Waals surface area (Å²) >= 11 is 0. The zero-order valence-corrected chi connectivity index (χ0v) is 15.1. The van der Waals surface area contributed by atoms with Gasteiger partial charge >= 0.3 is 11.6 Å². The third kappa shape index (κ3) is 4.98. The van der Waals surface area contributed by atoms with Crippen LogP contribution in [0.15, 0.2) is 20.1 Å². The van der Waals surface area contributed by atoms with E-state index in [2.05, 4.69) is 28.7 Å². The number of aromatic nitrogens is 2. The number of rotatable bonds is 8. The Morgan fingerprint density at radius 2 is 2.15 bits per heavy atom. The topological polar surface area (TPSA) is 85.2 Å². The molecule has 138 valence electrons. The number of ether oxygens (including phenoxy) is 1. The quantitative estimate of drug-likeness (QED) is 0.580. The molecule has 26 heavy (non-hydrogen) atoms. The van der Waals surface area contributed by atoms with Crippen LogP contribution in [0, 0.1) is 17.8 Å². The van der Waals surface area contributed by atoms with Crippen molar-refractivity contribution in [2.24, 2.45) is 5.92 Å². The number of aromatic amines is 1. The van der Waals surface area contributed by atoms with Crippen LogP contribution < -0.4 is 15.9 Å². The van der Waals surface area contributed by atoms with Gasteiger partial charge in [0.05, 0.1) is 0 Å². The van der Waals surface area contributed by atoms with Crippen molar-refractivity contribution in [2.45, 2.75) is 58.3 Å². The summed E-state index contributed by atoms with van der Waals surface area (Å²) in [7, 11) is 0. The molecule has 0 aliphatic heterocycles. The fourth-order valence-electron chi connectivity index (χ4n) is 2.89. The third-order valence-corrected chi connectivity index (χ3v) is 4.49. The molecule has 1 saturated carbocycles. The van der Waals surface area contributed by atoms with E-state index >= 15 is 0 Å². The molecule has 1 aliphatic carbocycles. The number of aryl methyl sites for hydroxylation is 1. The zero-order chi connectivity index (χ0) is 18.4. The van der Waals surface area contributed by atoms with Gasteiger partial charge in [-0.15, -0.1) is 0 Å². The molecular formula is C20H24N2O4. The van der Waals surface area contributed by atoms with Crippen molar-refractivity contribution < 1.29 is 9.15 Å². The molecule has 1 fully saturated rings. The van der Waals surface area contributed by atoms with Crippen LogP contribution in [-0.4, -0.2) is 16.6 Å². The van der Waals surface area contributed by atoms with E-state index in [0.29, 0.717) is 17.4 Å². The smallest absolute Gasteiger partial charge is 0.337 e. The maximum absolute atomic E-state index is 12.4. The summed E-state index contributed by atoms with van der Waals surface area (Å²) in [5.74, 6) is 6.69. The second-order valence-electron chi connectivity index (χ2n) is 6.72. The molecule has 2 aromatic heterocycles. The van der Waals surface area contributed by atoms with Gasteiger partial charge in [-0.05, 0) is 30.7 Å². The van der Waals surface area contributed by atoms with Crippen molar-refractivity contribution >= 4 is 11.1 Å². The molecule has 6 heteroatoms. The standard InChI is InChI=1S/C20H24N2O4/c1-2-3-4-5-6-12-25-20-21-18(24)17-15(9-7-8-14-10-11-14)13-16(23)26-19(17)22-20/h13-14H,2-4,7-12H2,1H3,(H,21,22,24). The average molecular weight is 356 g/mol. The first kappa shape index (κ1) is 18.2. The van der Waals surface area contributed by atoms with Crippen LogP contribution in [0.3, 0.4) is 0 Å². The second kappa shape index (κ2) is 8.70. The maximum Gasteiger partial charge on any atom is 0.337 e. The van der Waals surface area contributed by atoms with Crippen molar-refractivity contribution in [3.63, 3.8) is 0 Å². The summed E-state index contributed by atoms with van der Waals surface area (Å²) in [6, 6.07) is 1.41. The van der Waals surface area contributed by atoms with Crippen molar-refractivity contribution in [3.8, 4) is 17.9 Å². The van der Waals surface area contributed by atoms with Gasteiger partial charge in [0.1, 0.15) is 5.39 Å². The van der Waals surface area contributed by atoms with E-state index in [4.69, 9.17) is 9.15 Å². The number of fused-ring (bicyclic) bond motifs is 1. The Morgan fingerprint density at radius 1 is 1.31 bits per heavy atom. The van der Waals surface area contributed by atoms with Crippen molar-refractivity contribution in [2.75, 3.05) is 6.61 Å². The molecule has 0 amide bonds. The number of nitrogens with zero attached hydrogens (tertiary/aromatic N) is 1. The first-order valence-corrected chi connectivity index (χ1v) is 9.33. The zero-order valence-electron chi connectivity index (χ0n) is 15.1. The molecular weight excluding hydrogens is 332 g/mol. The fraction of sp³-hybridized carbons (Fsp3) is 0.550. The van der Waals surface area contributed by atoms with Crippen molar-refractivity contribution in [3.05, 3.63) is 32.4 Å². The molecule has 3 rings (SSSR count). The van der Waals surface area contributed by atoms with Crippen molar-refractivity contribution in [1.82, 2.24) is 9.97 Å². The van der Waals surface area contributed by atoms with Gasteiger partial charge in [0, 0.05) is 12.5 Å². The summed E-state index contributed by atoms with van der Waals surface area (Å²) in [6.07, 6.45) is 8.31. The lowest BCUT2D eigenvalue weighted by molar-refractivity contribution is 0.337. The van der Waals surface area contributed by atoms with E-state index in [0.717, 1.165) is 38.0 Å². The van der Waals surface area contributed by atoms with Crippen LogP contribution in [-0.2, 0) is 6.42 Å². The van der Waals surface area contributed by atoms with Crippen molar-refractivity contribution in [1.29, 1.82) is 0 Å². The van der Waals surface area contributed by atoms with Gasteiger partial charge in [0.15, 0.2) is 6.61 Å². The Hall–Kier alpha value is -2.55. The highest BCUT2D eigenvalue weighted by Gasteiger charge is 2.21. The molecule has 0 spiro atoms. The van der Waals surface area contributed by atoms with E-state index in [-0.39, 0.29) is 23.9 Å². The van der Waals surface area contributed by atoms with Crippen LogP contribution in [0.5, 0.6) is 6.01 Å². The van der Waals surface area contributed by atoms with Crippen LogP contribution in [0.2, 0.25) is 0 Å². The molecule has 1 aliphatic rings. The first-order chi connectivity index (χ1) is 12.7. The molecule has 2 aromatic rings. The Morgan fingerprint density at radius 3 is 2.92 bits per heavy atom. The largest absolute Gasteiger partial charge is 0.451 e. The van der Waals surface area contributed by atoms with Gasteiger partial charge in [-0.3, -0.25) is 9.78 Å². The average Bonchev–Trinajstić information content (AvgIpc) is 3.41. The Balaban J connectivity index is 1.75. The van der Waals surface area contributed by atoms with E-state index in [1.807, 2.05) is 0 Å². The normalized spacial score (nSPS) is 13.4. The van der Waals surface area contributed by atoms with E-state index in [1.165, 1.54) is 18.9 Å². The maximum atomic E-state index is 12.4. The number of unbranched alkanes of at least 4 members (excludes halogenated alkanes) is 2. The van der Waals surface area contributed by atoms with Gasteiger partial charge in [-0.1, -0.05) is 44.4 Å². The third-order valence-electron chi connectivity index (χ3n) is 4.49. The lowest BCUT2D eigenvalue weighted by Gasteiger charge is -2.06. The highest BCUT2D eigenvalue weighted by Crippen LogP contribution is 2.34. The minimum atomic E-state index is -0.498. The summed E-state index contributed by atoms with van der Waals surface area (Å²) in [6.45, 7) is 2.24. The first-order valence-electron chi connectivity index (χ1n) is 9.33. The lowest BCUT2D eigenvalue weighted by atomic mass is 10.1. The van der Waals surface area contributed by atoms with Crippen LogP contribution in [0.1, 0.15) is 57.4 Å². The number of H-pyrrole nitrogens is 1. The molecule has 0 aromatic carbocycles. The van der Waals surface area contributed by atoms with Gasteiger partial charge in [0.25, 0.3) is 5.56 Å². The predicted molar refractivity (Wildman–Crippen MR) is 99.4 cm³/mol. The second-order valence-corrected chi connectivity index (χ2v) is 6.72. The van der Waals surface area contributed by atoms with Crippen LogP contribution in [0.25, 0.3) is 11.1 Å². The van der Waals surface area contributed by atoms with E-state index < -0.39 is 5.63 Å². The number of hydrogen-bond acceptors (Lipinski definition) is 5. The molecule has 0 unspecified atom stereocenters. The van der Waals surface area contributed by atoms with Gasteiger partial charge in [-0.25, -0.2) is 4.79 Å². The summed E-state index contributed by atoms with van der Waals surface area (Å²) in [5.41, 5.74) is -0.135. The lowest BCUT2D eigenvalue weighted by Crippen LogP contribution is -2.15. The monoisotopic (exact) mass is 356 g/mol. The Labute approximate surface area is 152 Å².